The summed E-state index contributed by atoms with van der Waals surface area (Å²) in [4.78, 5) is 41.0. The second-order valence-corrected chi connectivity index (χ2v) is 10.1. The summed E-state index contributed by atoms with van der Waals surface area (Å²) in [5.41, 5.74) is 2.88. The normalized spacial score (nSPS) is 28.5. The number of nitrogens with zero attached hydrogens (tertiary/aromatic N) is 1. The summed E-state index contributed by atoms with van der Waals surface area (Å²) < 4.78 is 0. The number of carbonyl (C=O) groups is 3. The van der Waals surface area contributed by atoms with Crippen molar-refractivity contribution in [2.24, 2.45) is 11.8 Å². The molecule has 1 heterocycles. The van der Waals surface area contributed by atoms with Crippen LogP contribution in [0, 0.1) is 11.8 Å². The first kappa shape index (κ1) is 21.4. The van der Waals surface area contributed by atoms with Gasteiger partial charge in [0.05, 0.1) is 11.4 Å². The molecule has 4 aliphatic rings. The van der Waals surface area contributed by atoms with Crippen LogP contribution in [-0.4, -0.2) is 46.5 Å². The number of allylic oxidation sites excluding steroid dienone is 3. The number of ketones is 1. The lowest BCUT2D eigenvalue weighted by molar-refractivity contribution is -0.141. The van der Waals surface area contributed by atoms with Crippen LogP contribution >= 0.6 is 11.6 Å². The molecule has 0 radical (unpaired) electrons. The largest absolute Gasteiger partial charge is 0.340 e. The Morgan fingerprint density at radius 2 is 1.81 bits per heavy atom. The van der Waals surface area contributed by atoms with Gasteiger partial charge in [-0.2, -0.15) is 0 Å². The number of rotatable bonds is 5. The Labute approximate surface area is 193 Å². The van der Waals surface area contributed by atoms with Gasteiger partial charge in [0.15, 0.2) is 5.78 Å². The molecule has 5 nitrogen and oxygen atoms in total. The number of nitrogens with one attached hydrogen (secondary N) is 1. The van der Waals surface area contributed by atoms with Crippen molar-refractivity contribution in [3.63, 3.8) is 0 Å². The van der Waals surface area contributed by atoms with Gasteiger partial charge in [0.1, 0.15) is 6.04 Å². The van der Waals surface area contributed by atoms with Gasteiger partial charge in [-0.1, -0.05) is 55.3 Å². The van der Waals surface area contributed by atoms with Crippen LogP contribution in [0.4, 0.5) is 0 Å². The van der Waals surface area contributed by atoms with E-state index in [9.17, 15) is 14.4 Å². The average Bonchev–Trinajstić information content (AvgIpc) is 3.59. The van der Waals surface area contributed by atoms with Crippen LogP contribution in [0.2, 0.25) is 0 Å². The molecule has 4 atom stereocenters. The molecular weight excluding hydrogens is 424 g/mol. The lowest BCUT2D eigenvalue weighted by atomic mass is 9.95. The van der Waals surface area contributed by atoms with Crippen LogP contribution in [0.15, 0.2) is 48.1 Å². The summed E-state index contributed by atoms with van der Waals surface area (Å²) in [5, 5.41) is 2.88. The van der Waals surface area contributed by atoms with E-state index in [0.29, 0.717) is 25.0 Å². The zero-order chi connectivity index (χ0) is 22.2. The molecule has 1 aromatic carbocycles. The maximum Gasteiger partial charge on any atom is 0.248 e. The van der Waals surface area contributed by atoms with E-state index in [1.165, 1.54) is 0 Å². The predicted octanol–water partition coefficient (Wildman–Crippen LogP) is 3.87. The van der Waals surface area contributed by atoms with Crippen molar-refractivity contribution in [2.45, 2.75) is 62.4 Å². The fraction of sp³-hybridized carbons (Fsp3) is 0.500. The molecule has 1 aliphatic heterocycles. The molecule has 3 fully saturated rings. The van der Waals surface area contributed by atoms with Gasteiger partial charge in [-0.25, -0.2) is 0 Å². The third kappa shape index (κ3) is 3.92. The Hall–Kier alpha value is -2.40. The highest BCUT2D eigenvalue weighted by atomic mass is 35.5. The van der Waals surface area contributed by atoms with Gasteiger partial charge in [0.2, 0.25) is 11.8 Å². The molecule has 0 unspecified atom stereocenters. The van der Waals surface area contributed by atoms with Crippen molar-refractivity contribution in [3.8, 4) is 0 Å². The van der Waals surface area contributed by atoms with E-state index in [1.54, 1.807) is 4.90 Å². The first-order valence-corrected chi connectivity index (χ1v) is 12.2. The van der Waals surface area contributed by atoms with Gasteiger partial charge in [0.25, 0.3) is 0 Å². The molecule has 0 spiro atoms. The molecule has 2 saturated carbocycles. The van der Waals surface area contributed by atoms with E-state index in [-0.39, 0.29) is 34.8 Å². The monoisotopic (exact) mass is 452 g/mol. The number of amides is 2. The molecule has 3 aliphatic carbocycles. The van der Waals surface area contributed by atoms with E-state index >= 15 is 0 Å². The second-order valence-electron chi connectivity index (χ2n) is 9.54. The minimum Gasteiger partial charge on any atom is -0.340 e. The Bertz CT molecular complexity index is 980. The van der Waals surface area contributed by atoms with E-state index in [0.717, 1.165) is 43.2 Å². The Morgan fingerprint density at radius 1 is 1.06 bits per heavy atom. The third-order valence-corrected chi connectivity index (χ3v) is 8.10. The molecular formula is C26H29ClN2O3. The third-order valence-electron chi connectivity index (χ3n) is 7.64. The van der Waals surface area contributed by atoms with Crippen molar-refractivity contribution >= 4 is 34.8 Å². The highest BCUT2D eigenvalue weighted by Crippen LogP contribution is 2.40. The SMILES string of the molecule is O=C(N[C@H](C(=O)N1C[C@H](Cl)[C@H]2CCC(=O)[C@H]21)C1CCCC1)C1=CC=C(c2ccccc2)C1. The molecule has 0 aromatic heterocycles. The number of carbonyl (C=O) groups excluding carboxylic acids is 3. The van der Waals surface area contributed by atoms with E-state index in [1.807, 2.05) is 42.5 Å². The minimum absolute atomic E-state index is 0.0446. The van der Waals surface area contributed by atoms with Crippen LogP contribution in [-0.2, 0) is 14.4 Å². The van der Waals surface area contributed by atoms with Gasteiger partial charge >= 0.3 is 0 Å². The molecule has 1 aromatic rings. The van der Waals surface area contributed by atoms with Crippen molar-refractivity contribution in [1.82, 2.24) is 10.2 Å². The molecule has 1 N–H and O–H groups in total. The number of halogens is 1. The zero-order valence-electron chi connectivity index (χ0n) is 18.1. The van der Waals surface area contributed by atoms with Crippen LogP contribution in [0.25, 0.3) is 5.57 Å². The highest BCUT2D eigenvalue weighted by Gasteiger charge is 2.52. The van der Waals surface area contributed by atoms with Crippen molar-refractivity contribution in [1.29, 1.82) is 0 Å². The fourth-order valence-corrected chi connectivity index (χ4v) is 6.33. The topological polar surface area (TPSA) is 66.5 Å². The maximum atomic E-state index is 13.7. The molecule has 1 saturated heterocycles. The minimum atomic E-state index is -0.595. The standard InChI is InChI=1S/C26H29ClN2O3/c27-21-15-29(24-20(21)12-13-22(24)30)26(32)23(17-8-4-5-9-17)28-25(31)19-11-10-18(14-19)16-6-2-1-3-7-16/h1-3,6-7,10-11,17,20-21,23-24H,4-5,8-9,12-15H2,(H,28,31)/t20-,21+,23+,24+/m1/s1. The first-order chi connectivity index (χ1) is 15.5. The van der Waals surface area contributed by atoms with E-state index < -0.39 is 12.1 Å². The number of likely N-dealkylation sites (tertiary alicyclic amines) is 1. The summed E-state index contributed by atoms with van der Waals surface area (Å²) in [6.45, 7) is 0.392. The van der Waals surface area contributed by atoms with Gasteiger partial charge in [-0.3, -0.25) is 14.4 Å². The summed E-state index contributed by atoms with van der Waals surface area (Å²) >= 11 is 6.52. The van der Waals surface area contributed by atoms with Gasteiger partial charge in [-0.05, 0) is 36.3 Å². The second kappa shape index (κ2) is 8.86. The van der Waals surface area contributed by atoms with Crippen LogP contribution in [0.5, 0.6) is 0 Å². The fourth-order valence-electron chi connectivity index (χ4n) is 5.92. The molecule has 0 bridgehead atoms. The van der Waals surface area contributed by atoms with Gasteiger partial charge < -0.3 is 10.2 Å². The van der Waals surface area contributed by atoms with E-state index in [2.05, 4.69) is 5.32 Å². The number of hydrogen-bond acceptors (Lipinski definition) is 3. The predicted molar refractivity (Wildman–Crippen MR) is 124 cm³/mol. The van der Waals surface area contributed by atoms with Crippen molar-refractivity contribution < 1.29 is 14.4 Å². The van der Waals surface area contributed by atoms with Crippen molar-refractivity contribution in [3.05, 3.63) is 53.6 Å². The quantitative estimate of drug-likeness (QED) is 0.689. The number of Topliss-reactive ketones (excluding diaryl/α,β-unsaturated/α-hetero) is 1. The molecule has 168 valence electrons. The van der Waals surface area contributed by atoms with Gasteiger partial charge in [-0.15, -0.1) is 11.6 Å². The highest BCUT2D eigenvalue weighted by molar-refractivity contribution is 6.22. The van der Waals surface area contributed by atoms with Crippen molar-refractivity contribution in [2.75, 3.05) is 6.54 Å². The zero-order valence-corrected chi connectivity index (χ0v) is 18.9. The van der Waals surface area contributed by atoms with Crippen LogP contribution < -0.4 is 5.32 Å². The lowest BCUT2D eigenvalue weighted by Gasteiger charge is -2.31. The average molecular weight is 453 g/mol. The Morgan fingerprint density at radius 3 is 2.56 bits per heavy atom. The summed E-state index contributed by atoms with van der Waals surface area (Å²) in [6.07, 6.45) is 9.61. The lowest BCUT2D eigenvalue weighted by Crippen LogP contribution is -2.54. The summed E-state index contributed by atoms with van der Waals surface area (Å²) in [5.74, 6) is -0.0532. The number of benzene rings is 1. The van der Waals surface area contributed by atoms with E-state index in [4.69, 9.17) is 11.6 Å². The van der Waals surface area contributed by atoms with Gasteiger partial charge in [0, 0.05) is 30.9 Å². The smallest absolute Gasteiger partial charge is 0.248 e. The maximum absolute atomic E-state index is 13.7. The summed E-state index contributed by atoms with van der Waals surface area (Å²) in [7, 11) is 0. The molecule has 6 heteroatoms. The van der Waals surface area contributed by atoms with Crippen LogP contribution in [0.3, 0.4) is 0 Å². The molecule has 32 heavy (non-hydrogen) atoms. The molecule has 2 amide bonds. The number of hydrogen-bond donors (Lipinski definition) is 1. The summed E-state index contributed by atoms with van der Waals surface area (Å²) in [6, 6.07) is 9.01. The molecule has 5 rings (SSSR count). The number of fused-ring (bicyclic) bond motifs is 1. The Balaban J connectivity index is 1.30. The first-order valence-electron chi connectivity index (χ1n) is 11.8. The van der Waals surface area contributed by atoms with Crippen LogP contribution in [0.1, 0.15) is 50.5 Å². The number of alkyl halides is 1. The Kier molecular flexibility index (Phi) is 5.93.